The summed E-state index contributed by atoms with van der Waals surface area (Å²) in [7, 11) is 0. The normalized spacial score (nSPS) is 12.0. The molecule has 0 saturated heterocycles. The van der Waals surface area contributed by atoms with Gasteiger partial charge in [0.2, 0.25) is 11.7 Å². The Labute approximate surface area is 314 Å². The number of fused-ring (bicyclic) bond motifs is 10. The van der Waals surface area contributed by atoms with Crippen molar-refractivity contribution in [2.45, 2.75) is 0 Å². The fourth-order valence-electron chi connectivity index (χ4n) is 8.50. The summed E-state index contributed by atoms with van der Waals surface area (Å²) in [6.45, 7) is 0. The first kappa shape index (κ1) is 29.9. The molecule has 0 N–H and O–H groups in total. The van der Waals surface area contributed by atoms with Crippen LogP contribution in [0.25, 0.3) is 105 Å². The van der Waals surface area contributed by atoms with Gasteiger partial charge in [-0.05, 0) is 88.6 Å². The molecule has 55 heavy (non-hydrogen) atoms. The SMILES string of the molecule is c1ccc(-n2c3ccc(-c4ccc5c(c4)c4ccccc4n5-c4nc(-c5ccc6ccccc6c5)c5ccccc5n4)cc3n3c4ccccc4nc23)cc1. The van der Waals surface area contributed by atoms with E-state index >= 15 is 0 Å². The zero-order valence-electron chi connectivity index (χ0n) is 29.5. The van der Waals surface area contributed by atoms with Gasteiger partial charge in [-0.1, -0.05) is 115 Å². The molecule has 0 radical (unpaired) electrons. The van der Waals surface area contributed by atoms with Crippen molar-refractivity contribution in [1.29, 1.82) is 0 Å². The van der Waals surface area contributed by atoms with Crippen molar-refractivity contribution in [3.05, 3.63) is 182 Å². The van der Waals surface area contributed by atoms with Crippen molar-refractivity contribution in [1.82, 2.24) is 28.5 Å². The lowest BCUT2D eigenvalue weighted by atomic mass is 10.0. The van der Waals surface area contributed by atoms with Crippen molar-refractivity contribution in [3.63, 3.8) is 0 Å². The van der Waals surface area contributed by atoms with Crippen LogP contribution < -0.4 is 0 Å². The van der Waals surface area contributed by atoms with E-state index in [4.69, 9.17) is 15.0 Å². The highest BCUT2D eigenvalue weighted by Crippen LogP contribution is 2.38. The smallest absolute Gasteiger partial charge is 0.235 e. The van der Waals surface area contributed by atoms with Gasteiger partial charge < -0.3 is 0 Å². The maximum absolute atomic E-state index is 5.35. The maximum atomic E-state index is 5.35. The number of benzene rings is 8. The third-order valence-electron chi connectivity index (χ3n) is 11.0. The third-order valence-corrected chi connectivity index (χ3v) is 11.0. The zero-order valence-corrected chi connectivity index (χ0v) is 29.5. The summed E-state index contributed by atoms with van der Waals surface area (Å²) in [5.74, 6) is 1.55. The average Bonchev–Trinajstić information content (AvgIpc) is 3.90. The van der Waals surface area contributed by atoms with Gasteiger partial charge in [0.1, 0.15) is 0 Å². The van der Waals surface area contributed by atoms with Gasteiger partial charge in [-0.3, -0.25) is 13.5 Å². The van der Waals surface area contributed by atoms with Crippen LogP contribution in [0.5, 0.6) is 0 Å². The van der Waals surface area contributed by atoms with Crippen LogP contribution in [0.2, 0.25) is 0 Å². The second kappa shape index (κ2) is 11.5. The third kappa shape index (κ3) is 4.46. The minimum atomic E-state index is 0.652. The lowest BCUT2D eigenvalue weighted by molar-refractivity contribution is 1.01. The largest absolute Gasteiger partial charge is 0.278 e. The van der Waals surface area contributed by atoms with Crippen LogP contribution in [0.4, 0.5) is 0 Å². The molecule has 0 aliphatic carbocycles. The van der Waals surface area contributed by atoms with E-state index in [2.05, 4.69) is 183 Å². The summed E-state index contributed by atoms with van der Waals surface area (Å²) >= 11 is 0. The van der Waals surface area contributed by atoms with Gasteiger partial charge in [0.15, 0.2) is 0 Å². The predicted molar refractivity (Wildman–Crippen MR) is 225 cm³/mol. The maximum Gasteiger partial charge on any atom is 0.235 e. The summed E-state index contributed by atoms with van der Waals surface area (Å²) in [4.78, 5) is 15.7. The van der Waals surface area contributed by atoms with Crippen LogP contribution in [0, 0.1) is 0 Å². The van der Waals surface area contributed by atoms with Crippen molar-refractivity contribution in [2.75, 3.05) is 0 Å². The molecule has 12 aromatic rings. The van der Waals surface area contributed by atoms with E-state index in [1.807, 2.05) is 12.1 Å². The Morgan fingerprint density at radius 1 is 0.345 bits per heavy atom. The molecule has 256 valence electrons. The van der Waals surface area contributed by atoms with E-state index < -0.39 is 0 Å². The molecule has 4 aromatic heterocycles. The van der Waals surface area contributed by atoms with Gasteiger partial charge in [-0.15, -0.1) is 0 Å². The van der Waals surface area contributed by atoms with Gasteiger partial charge in [0.25, 0.3) is 0 Å². The number of hydrogen-bond donors (Lipinski definition) is 0. The van der Waals surface area contributed by atoms with E-state index in [0.29, 0.717) is 5.95 Å². The Hall–Kier alpha value is -7.57. The molecule has 0 fully saturated rings. The molecule has 0 aliphatic heterocycles. The number of rotatable bonds is 4. The fourth-order valence-corrected chi connectivity index (χ4v) is 8.50. The van der Waals surface area contributed by atoms with E-state index in [1.165, 1.54) is 10.8 Å². The van der Waals surface area contributed by atoms with Gasteiger partial charge in [0.05, 0.1) is 44.3 Å². The second-order valence-corrected chi connectivity index (χ2v) is 14.1. The molecule has 6 nitrogen and oxygen atoms in total. The Morgan fingerprint density at radius 2 is 1.00 bits per heavy atom. The average molecular weight is 703 g/mol. The van der Waals surface area contributed by atoms with Crippen molar-refractivity contribution in [3.8, 4) is 34.0 Å². The van der Waals surface area contributed by atoms with E-state index in [9.17, 15) is 0 Å². The molecule has 0 amide bonds. The molecule has 0 spiro atoms. The van der Waals surface area contributed by atoms with Gasteiger partial charge in [0, 0.05) is 27.4 Å². The van der Waals surface area contributed by atoms with Gasteiger partial charge in [-0.25, -0.2) is 15.0 Å². The molecule has 6 heteroatoms. The van der Waals surface area contributed by atoms with E-state index in [0.717, 1.165) is 88.6 Å². The van der Waals surface area contributed by atoms with Crippen LogP contribution in [-0.2, 0) is 0 Å². The summed E-state index contributed by atoms with van der Waals surface area (Å²) in [5.41, 5.74) is 12.7. The number of nitrogens with zero attached hydrogens (tertiary/aromatic N) is 6. The molecule has 0 atom stereocenters. The number of hydrogen-bond acceptors (Lipinski definition) is 3. The van der Waals surface area contributed by atoms with E-state index in [-0.39, 0.29) is 0 Å². The molecule has 0 aliphatic rings. The predicted octanol–water partition coefficient (Wildman–Crippen LogP) is 12.0. The molecular formula is C49H30N6. The summed E-state index contributed by atoms with van der Waals surface area (Å²) in [6.07, 6.45) is 0. The summed E-state index contributed by atoms with van der Waals surface area (Å²) < 4.78 is 6.76. The Morgan fingerprint density at radius 3 is 1.87 bits per heavy atom. The first-order valence-electron chi connectivity index (χ1n) is 18.5. The number of para-hydroxylation sites is 5. The highest BCUT2D eigenvalue weighted by molar-refractivity contribution is 6.11. The van der Waals surface area contributed by atoms with Gasteiger partial charge in [-0.2, -0.15) is 0 Å². The van der Waals surface area contributed by atoms with Crippen LogP contribution in [0.15, 0.2) is 182 Å². The molecule has 8 aromatic carbocycles. The van der Waals surface area contributed by atoms with Crippen molar-refractivity contribution in [2.24, 2.45) is 0 Å². The minimum absolute atomic E-state index is 0.652. The first-order valence-corrected chi connectivity index (χ1v) is 18.5. The monoisotopic (exact) mass is 702 g/mol. The Balaban J connectivity index is 1.07. The molecular weight excluding hydrogens is 673 g/mol. The van der Waals surface area contributed by atoms with Crippen molar-refractivity contribution < 1.29 is 0 Å². The number of aromatic nitrogens is 6. The van der Waals surface area contributed by atoms with E-state index in [1.54, 1.807) is 0 Å². The Kier molecular flexibility index (Phi) is 6.24. The topological polar surface area (TPSA) is 52.9 Å². The summed E-state index contributed by atoms with van der Waals surface area (Å²) in [6, 6.07) is 64.3. The summed E-state index contributed by atoms with van der Waals surface area (Å²) in [5, 5.41) is 5.73. The highest BCUT2D eigenvalue weighted by atomic mass is 15.2. The quantitative estimate of drug-likeness (QED) is 0.183. The molecule has 4 heterocycles. The van der Waals surface area contributed by atoms with Crippen LogP contribution in [0.1, 0.15) is 0 Å². The lowest BCUT2D eigenvalue weighted by Crippen LogP contribution is -2.03. The van der Waals surface area contributed by atoms with Crippen LogP contribution in [0.3, 0.4) is 0 Å². The zero-order chi connectivity index (χ0) is 36.0. The molecule has 12 rings (SSSR count). The lowest BCUT2D eigenvalue weighted by Gasteiger charge is -2.12. The second-order valence-electron chi connectivity index (χ2n) is 14.1. The first-order chi connectivity index (χ1) is 27.3. The van der Waals surface area contributed by atoms with Gasteiger partial charge >= 0.3 is 0 Å². The molecule has 0 bridgehead atoms. The Bertz CT molecular complexity index is 3500. The standard InChI is InChI=1S/C49H30N6/c1-2-14-36(15-3-1)53-45-27-25-34(30-46(45)55-44-21-11-9-19-41(44)51-49(53)55)33-24-26-43-39(29-33)37-16-7-10-20-42(37)54(43)48-50-40-18-8-6-17-38(40)47(52-48)35-23-22-31-12-4-5-13-32(31)28-35/h1-30H. The highest BCUT2D eigenvalue weighted by Gasteiger charge is 2.20. The van der Waals surface area contributed by atoms with Crippen LogP contribution in [-0.4, -0.2) is 28.5 Å². The molecule has 0 unspecified atom stereocenters. The number of imidazole rings is 2. The van der Waals surface area contributed by atoms with Crippen LogP contribution >= 0.6 is 0 Å². The minimum Gasteiger partial charge on any atom is -0.278 e. The van der Waals surface area contributed by atoms with Crippen molar-refractivity contribution >= 4 is 71.3 Å². The molecule has 0 saturated carbocycles. The fraction of sp³-hybridized carbons (Fsp3) is 0.